The molecule has 0 N–H and O–H groups in total. The summed E-state index contributed by atoms with van der Waals surface area (Å²) in [7, 11) is 0. The van der Waals surface area contributed by atoms with Crippen molar-refractivity contribution in [2.24, 2.45) is 0 Å². The second-order valence-electron chi connectivity index (χ2n) is 8.43. The van der Waals surface area contributed by atoms with Gasteiger partial charge in [-0.15, -0.1) is 5.10 Å². The number of carbonyl (C=O) groups excluding carboxylic acids is 1. The lowest BCUT2D eigenvalue weighted by molar-refractivity contribution is -0.162. The molecule has 2 saturated heterocycles. The van der Waals surface area contributed by atoms with Gasteiger partial charge in [-0.2, -0.15) is 0 Å². The van der Waals surface area contributed by atoms with Crippen LogP contribution in [0.25, 0.3) is 0 Å². The second-order valence-corrected chi connectivity index (χ2v) is 9.59. The zero-order valence-electron chi connectivity index (χ0n) is 16.4. The number of aryl methyl sites for hydroxylation is 1. The molecule has 2 aromatic rings. The average Bonchev–Trinajstić information content (AvgIpc) is 3.12. The van der Waals surface area contributed by atoms with Crippen molar-refractivity contribution >= 4 is 17.7 Å². The van der Waals surface area contributed by atoms with E-state index in [1.807, 2.05) is 54.6 Å². The predicted molar refractivity (Wildman–Crippen MR) is 103 cm³/mol. The Morgan fingerprint density at radius 2 is 1.97 bits per heavy atom. The van der Waals surface area contributed by atoms with Crippen LogP contribution in [-0.2, 0) is 27.4 Å². The number of piperidine rings is 1. The number of benzene rings is 1. The van der Waals surface area contributed by atoms with E-state index in [0.717, 1.165) is 21.8 Å². The van der Waals surface area contributed by atoms with Crippen molar-refractivity contribution in [1.29, 1.82) is 0 Å². The molecule has 0 radical (unpaired) electrons. The van der Waals surface area contributed by atoms with Crippen LogP contribution >= 0.6 is 11.8 Å². The summed E-state index contributed by atoms with van der Waals surface area (Å²) in [5, 5.41) is 8.31. The molecule has 1 aromatic carbocycles. The van der Waals surface area contributed by atoms with Gasteiger partial charge >= 0.3 is 0 Å². The quantitative estimate of drug-likeness (QED) is 0.652. The molecule has 152 valence electrons. The maximum absolute atomic E-state index is 13.6. The highest BCUT2D eigenvalue weighted by Gasteiger charge is 2.61. The molecule has 29 heavy (non-hydrogen) atoms. The topological polar surface area (TPSA) is 78.7 Å². The molecule has 6 rings (SSSR count). The summed E-state index contributed by atoms with van der Waals surface area (Å²) < 4.78 is 20.8. The first-order valence-corrected chi connectivity index (χ1v) is 10.8. The molecule has 1 amide bonds. The number of aromatic nitrogens is 3. The Bertz CT molecular complexity index is 1010. The molecule has 4 aliphatic heterocycles. The lowest BCUT2D eigenvalue weighted by Gasteiger charge is -2.50. The maximum Gasteiger partial charge on any atom is 0.256 e. The van der Waals surface area contributed by atoms with E-state index in [2.05, 4.69) is 10.3 Å². The van der Waals surface area contributed by atoms with Gasteiger partial charge in [-0.05, 0) is 32.9 Å². The smallest absolute Gasteiger partial charge is 0.256 e. The van der Waals surface area contributed by atoms with Crippen molar-refractivity contribution in [2.45, 2.75) is 74.3 Å². The maximum atomic E-state index is 13.6. The highest BCUT2D eigenvalue weighted by molar-refractivity contribution is 8.00. The number of nitrogens with zero attached hydrogens (tertiary/aromatic N) is 4. The fourth-order valence-corrected chi connectivity index (χ4v) is 6.33. The number of carbonyl (C=O) groups is 1. The Kier molecular flexibility index (Phi) is 3.72. The first-order valence-electron chi connectivity index (χ1n) is 9.87. The summed E-state index contributed by atoms with van der Waals surface area (Å²) in [5.74, 6) is -0.716. The van der Waals surface area contributed by atoms with Gasteiger partial charge in [0.05, 0.1) is 36.1 Å². The minimum Gasteiger partial charge on any atom is -0.367 e. The highest BCUT2D eigenvalue weighted by atomic mass is 32.2. The first kappa shape index (κ1) is 17.9. The number of amides is 1. The Morgan fingerprint density at radius 3 is 2.83 bits per heavy atom. The van der Waals surface area contributed by atoms with Crippen LogP contribution in [0.4, 0.5) is 0 Å². The molecule has 0 aliphatic carbocycles. The highest BCUT2D eigenvalue weighted by Crippen LogP contribution is 2.49. The lowest BCUT2D eigenvalue weighted by atomic mass is 9.92. The molecule has 2 fully saturated rings. The summed E-state index contributed by atoms with van der Waals surface area (Å²) in [5.41, 5.74) is 2.52. The van der Waals surface area contributed by atoms with Gasteiger partial charge in [-0.25, -0.2) is 4.68 Å². The van der Waals surface area contributed by atoms with Gasteiger partial charge < -0.3 is 19.1 Å². The van der Waals surface area contributed by atoms with Crippen LogP contribution in [0.5, 0.6) is 0 Å². The largest absolute Gasteiger partial charge is 0.367 e. The van der Waals surface area contributed by atoms with Gasteiger partial charge in [0.1, 0.15) is 23.7 Å². The molecule has 5 heterocycles. The standard InChI is InChI=1S/C20H22N4O4S/c1-10-13-9-26-15-12(8-23(13)22-21-10)24-18(25)11-6-4-5-7-14(11)29-19(24)17-16(15)27-20(2,3)28-17/h4-7,12,15-17,19H,8-9H2,1-3H3/t12-,15+,16-,17-,19-/m0/s1. The van der Waals surface area contributed by atoms with Crippen molar-refractivity contribution in [2.75, 3.05) is 0 Å². The van der Waals surface area contributed by atoms with Gasteiger partial charge in [0, 0.05) is 4.90 Å². The summed E-state index contributed by atoms with van der Waals surface area (Å²) >= 11 is 1.67. The summed E-state index contributed by atoms with van der Waals surface area (Å²) in [6.07, 6.45) is -0.813. The van der Waals surface area contributed by atoms with Crippen LogP contribution in [0.1, 0.15) is 35.6 Å². The number of fused-ring (bicyclic) bond motifs is 8. The van der Waals surface area contributed by atoms with Crippen molar-refractivity contribution in [3.63, 3.8) is 0 Å². The molecular weight excluding hydrogens is 392 g/mol. The number of thioether (sulfide) groups is 1. The van der Waals surface area contributed by atoms with Gasteiger partial charge in [0.15, 0.2) is 5.79 Å². The molecule has 0 spiro atoms. The monoisotopic (exact) mass is 414 g/mol. The van der Waals surface area contributed by atoms with Gasteiger partial charge in [-0.3, -0.25) is 4.79 Å². The fourth-order valence-electron chi connectivity index (χ4n) is 4.92. The molecular formula is C20H22N4O4S. The van der Waals surface area contributed by atoms with E-state index >= 15 is 0 Å². The molecule has 8 nitrogen and oxygen atoms in total. The van der Waals surface area contributed by atoms with Crippen LogP contribution in [-0.4, -0.2) is 61.3 Å². The van der Waals surface area contributed by atoms with E-state index in [1.165, 1.54) is 0 Å². The van der Waals surface area contributed by atoms with Crippen LogP contribution < -0.4 is 0 Å². The third-order valence-electron chi connectivity index (χ3n) is 6.18. The van der Waals surface area contributed by atoms with E-state index < -0.39 is 5.79 Å². The molecule has 4 aliphatic rings. The van der Waals surface area contributed by atoms with Gasteiger partial charge in [-0.1, -0.05) is 29.1 Å². The number of rotatable bonds is 0. The van der Waals surface area contributed by atoms with Crippen molar-refractivity contribution in [3.8, 4) is 0 Å². The van der Waals surface area contributed by atoms with Crippen molar-refractivity contribution in [3.05, 3.63) is 41.2 Å². The summed E-state index contributed by atoms with van der Waals surface area (Å²) in [4.78, 5) is 16.5. The molecule has 1 aromatic heterocycles. The second kappa shape index (κ2) is 6.04. The molecule has 0 unspecified atom stereocenters. The van der Waals surface area contributed by atoms with Crippen LogP contribution in [0.2, 0.25) is 0 Å². The van der Waals surface area contributed by atoms with Crippen LogP contribution in [0.15, 0.2) is 29.2 Å². The van der Waals surface area contributed by atoms with E-state index in [9.17, 15) is 4.79 Å². The van der Waals surface area contributed by atoms with E-state index in [-0.39, 0.29) is 35.6 Å². The van der Waals surface area contributed by atoms with Crippen molar-refractivity contribution in [1.82, 2.24) is 19.9 Å². The molecule has 5 atom stereocenters. The van der Waals surface area contributed by atoms with E-state index in [0.29, 0.717) is 13.2 Å². The molecule has 0 bridgehead atoms. The average molecular weight is 414 g/mol. The molecule has 9 heteroatoms. The Morgan fingerprint density at radius 1 is 1.17 bits per heavy atom. The fraction of sp³-hybridized carbons (Fsp3) is 0.550. The molecule has 0 saturated carbocycles. The predicted octanol–water partition coefficient (Wildman–Crippen LogP) is 1.96. The summed E-state index contributed by atoms with van der Waals surface area (Å²) in [6, 6.07) is 7.55. The Labute approximate surface area is 172 Å². The third kappa shape index (κ3) is 2.54. The zero-order chi connectivity index (χ0) is 19.9. The Balaban J connectivity index is 1.48. The number of hydrogen-bond donors (Lipinski definition) is 0. The number of ether oxygens (including phenoxy) is 3. The van der Waals surface area contributed by atoms with Gasteiger partial charge in [0.25, 0.3) is 5.91 Å². The third-order valence-corrected chi connectivity index (χ3v) is 7.53. The first-order chi connectivity index (χ1) is 13.9. The van der Waals surface area contributed by atoms with Gasteiger partial charge in [0.2, 0.25) is 0 Å². The summed E-state index contributed by atoms with van der Waals surface area (Å²) in [6.45, 7) is 6.69. The minimum absolute atomic E-state index is 0.00925. The minimum atomic E-state index is -0.725. The van der Waals surface area contributed by atoms with Crippen molar-refractivity contribution < 1.29 is 19.0 Å². The zero-order valence-corrected chi connectivity index (χ0v) is 17.3. The van der Waals surface area contributed by atoms with Crippen LogP contribution in [0.3, 0.4) is 0 Å². The normalized spacial score (nSPS) is 34.5. The Hall–Kier alpha value is -1.94. The SMILES string of the molecule is Cc1nnn2c1CO[C@H]1[C@@H]3OC(C)(C)O[C@@H]3[C@@H]3Sc4ccccc4C(=O)N3[C@H]1C2. The van der Waals surface area contributed by atoms with E-state index in [1.54, 1.807) is 11.8 Å². The lowest BCUT2D eigenvalue weighted by Crippen LogP contribution is -2.67. The van der Waals surface area contributed by atoms with Crippen LogP contribution in [0, 0.1) is 6.92 Å². The number of hydrogen-bond acceptors (Lipinski definition) is 7. The van der Waals surface area contributed by atoms with E-state index in [4.69, 9.17) is 14.2 Å².